The van der Waals surface area contributed by atoms with Crippen molar-refractivity contribution in [1.82, 2.24) is 4.90 Å². The Morgan fingerprint density at radius 1 is 0.969 bits per heavy atom. The number of fused-ring (bicyclic) bond motifs is 1. The number of hydrogen-bond acceptors (Lipinski definition) is 5. The van der Waals surface area contributed by atoms with Crippen molar-refractivity contribution in [3.63, 3.8) is 0 Å². The lowest BCUT2D eigenvalue weighted by atomic mass is 9.97. The molecule has 1 fully saturated rings. The quantitative estimate of drug-likeness (QED) is 0.574. The van der Waals surface area contributed by atoms with Crippen molar-refractivity contribution < 1.29 is 23.8 Å². The zero-order valence-electron chi connectivity index (χ0n) is 17.9. The average Bonchev–Trinajstić information content (AvgIpc) is 3.34. The van der Waals surface area contributed by atoms with E-state index in [1.54, 1.807) is 24.8 Å². The van der Waals surface area contributed by atoms with Crippen LogP contribution in [0.25, 0.3) is 11.1 Å². The summed E-state index contributed by atoms with van der Waals surface area (Å²) in [7, 11) is 0. The van der Waals surface area contributed by atoms with Gasteiger partial charge in [0.05, 0.1) is 0 Å². The van der Waals surface area contributed by atoms with Crippen molar-refractivity contribution in [1.29, 1.82) is 0 Å². The minimum atomic E-state index is -1.07. The lowest BCUT2D eigenvalue weighted by Gasteiger charge is -2.32. The number of benzene rings is 3. The van der Waals surface area contributed by atoms with Gasteiger partial charge in [-0.2, -0.15) is 0 Å². The van der Waals surface area contributed by atoms with E-state index >= 15 is 0 Å². The molecule has 0 unspecified atom stereocenters. The molecule has 32 heavy (non-hydrogen) atoms. The van der Waals surface area contributed by atoms with Gasteiger partial charge >= 0.3 is 5.97 Å². The van der Waals surface area contributed by atoms with Crippen molar-refractivity contribution in [3.8, 4) is 22.6 Å². The van der Waals surface area contributed by atoms with Crippen LogP contribution in [0.15, 0.2) is 72.8 Å². The van der Waals surface area contributed by atoms with Crippen LogP contribution in [0.5, 0.6) is 11.5 Å². The largest absolute Gasteiger partial charge is 0.454 e. The van der Waals surface area contributed by atoms with Gasteiger partial charge in [-0.3, -0.25) is 9.69 Å². The van der Waals surface area contributed by atoms with Crippen LogP contribution in [0.4, 0.5) is 0 Å². The van der Waals surface area contributed by atoms with E-state index in [1.807, 2.05) is 66.7 Å². The fraction of sp³-hybridized carbons (Fsp3) is 0.231. The zero-order chi connectivity index (χ0) is 22.3. The Hall–Kier alpha value is -3.80. The summed E-state index contributed by atoms with van der Waals surface area (Å²) in [5, 5.41) is 0. The van der Waals surface area contributed by atoms with Crippen molar-refractivity contribution in [2.75, 3.05) is 6.79 Å². The van der Waals surface area contributed by atoms with Gasteiger partial charge in [0.15, 0.2) is 17.2 Å². The molecule has 1 atom stereocenters. The van der Waals surface area contributed by atoms with Crippen LogP contribution in [0.3, 0.4) is 0 Å². The van der Waals surface area contributed by atoms with Crippen molar-refractivity contribution in [2.24, 2.45) is 0 Å². The van der Waals surface area contributed by atoms with E-state index in [1.165, 1.54) is 0 Å². The zero-order valence-corrected chi connectivity index (χ0v) is 17.9. The number of cyclic esters (lactones) is 1. The van der Waals surface area contributed by atoms with E-state index in [0.717, 1.165) is 16.7 Å². The summed E-state index contributed by atoms with van der Waals surface area (Å²) < 4.78 is 16.5. The number of amides is 1. The Balaban J connectivity index is 1.51. The molecule has 2 heterocycles. The van der Waals surface area contributed by atoms with Crippen LogP contribution in [0.1, 0.15) is 29.8 Å². The highest BCUT2D eigenvalue weighted by Gasteiger charge is 2.50. The van der Waals surface area contributed by atoms with Crippen LogP contribution >= 0.6 is 0 Å². The molecule has 0 bridgehead atoms. The Labute approximate surface area is 186 Å². The molecule has 6 nitrogen and oxygen atoms in total. The monoisotopic (exact) mass is 429 g/mol. The first-order valence-corrected chi connectivity index (χ1v) is 10.5. The van der Waals surface area contributed by atoms with Gasteiger partial charge < -0.3 is 14.2 Å². The molecule has 3 aromatic carbocycles. The fourth-order valence-electron chi connectivity index (χ4n) is 4.36. The predicted octanol–water partition coefficient (Wildman–Crippen LogP) is 4.43. The highest BCUT2D eigenvalue weighted by molar-refractivity contribution is 6.03. The number of rotatable bonds is 4. The molecule has 0 aliphatic carbocycles. The summed E-state index contributed by atoms with van der Waals surface area (Å²) in [4.78, 5) is 28.3. The number of nitrogens with zero attached hydrogens (tertiary/aromatic N) is 1. The van der Waals surface area contributed by atoms with E-state index in [9.17, 15) is 9.59 Å². The lowest BCUT2D eigenvalue weighted by molar-refractivity contribution is -0.148. The maximum atomic E-state index is 13.8. The van der Waals surface area contributed by atoms with Crippen molar-refractivity contribution >= 4 is 11.9 Å². The molecule has 2 aliphatic heterocycles. The van der Waals surface area contributed by atoms with Gasteiger partial charge in [0.25, 0.3) is 5.91 Å². The Morgan fingerprint density at radius 2 is 1.69 bits per heavy atom. The Kier molecular flexibility index (Phi) is 4.85. The second-order valence-electron chi connectivity index (χ2n) is 8.36. The average molecular weight is 429 g/mol. The van der Waals surface area contributed by atoms with Crippen LogP contribution in [-0.2, 0) is 16.0 Å². The van der Waals surface area contributed by atoms with E-state index in [2.05, 4.69) is 0 Å². The normalized spacial score (nSPS) is 18.5. The molecule has 3 aromatic rings. The topological polar surface area (TPSA) is 65.1 Å². The molecule has 2 aliphatic rings. The van der Waals surface area contributed by atoms with Crippen molar-refractivity contribution in [2.45, 2.75) is 32.0 Å². The molecule has 0 spiro atoms. The summed E-state index contributed by atoms with van der Waals surface area (Å²) in [5.74, 6) is 0.650. The Morgan fingerprint density at radius 3 is 2.50 bits per heavy atom. The molecule has 1 saturated heterocycles. The van der Waals surface area contributed by atoms with Crippen molar-refractivity contribution in [3.05, 3.63) is 83.9 Å². The standard InChI is InChI=1S/C26H23NO5/c1-26(2)27(24(28)20-11-7-6-10-19(20)18-8-4-3-5-9-18)21(25(29)32-26)14-17-12-13-22-23(15-17)31-16-30-22/h3-13,15,21H,14,16H2,1-2H3/t21-/m1/s1. The van der Waals surface area contributed by atoms with Gasteiger partial charge in [-0.25, -0.2) is 4.79 Å². The third-order valence-corrected chi connectivity index (χ3v) is 5.84. The molecule has 1 amide bonds. The van der Waals surface area contributed by atoms with Crippen LogP contribution in [-0.4, -0.2) is 35.3 Å². The molecule has 6 heteroatoms. The third-order valence-electron chi connectivity index (χ3n) is 5.84. The van der Waals surface area contributed by atoms with Gasteiger partial charge in [0, 0.05) is 12.0 Å². The maximum absolute atomic E-state index is 13.8. The fourth-order valence-corrected chi connectivity index (χ4v) is 4.36. The number of carbonyl (C=O) groups is 2. The number of carbonyl (C=O) groups excluding carboxylic acids is 2. The second kappa shape index (κ2) is 7.71. The van der Waals surface area contributed by atoms with E-state index in [0.29, 0.717) is 23.5 Å². The predicted molar refractivity (Wildman–Crippen MR) is 118 cm³/mol. The molecule has 0 aromatic heterocycles. The molecular weight excluding hydrogens is 406 g/mol. The summed E-state index contributed by atoms with van der Waals surface area (Å²) in [6.45, 7) is 3.67. The van der Waals surface area contributed by atoms with E-state index in [-0.39, 0.29) is 12.7 Å². The first kappa shape index (κ1) is 20.1. The molecular formula is C26H23NO5. The molecule has 0 radical (unpaired) electrons. The summed E-state index contributed by atoms with van der Waals surface area (Å²) in [6, 6.07) is 22.0. The molecule has 5 rings (SSSR count). The highest BCUT2D eigenvalue weighted by atomic mass is 16.7. The van der Waals surface area contributed by atoms with Gasteiger partial charge in [-0.15, -0.1) is 0 Å². The van der Waals surface area contributed by atoms with Gasteiger partial charge in [-0.1, -0.05) is 54.6 Å². The smallest absolute Gasteiger partial charge is 0.331 e. The maximum Gasteiger partial charge on any atom is 0.331 e. The van der Waals surface area contributed by atoms with Crippen LogP contribution in [0, 0.1) is 0 Å². The first-order chi connectivity index (χ1) is 15.4. The van der Waals surface area contributed by atoms with E-state index < -0.39 is 17.7 Å². The van der Waals surface area contributed by atoms with Gasteiger partial charge in [0.1, 0.15) is 6.04 Å². The first-order valence-electron chi connectivity index (χ1n) is 10.5. The third kappa shape index (κ3) is 3.47. The molecule has 162 valence electrons. The second-order valence-corrected chi connectivity index (χ2v) is 8.36. The van der Waals surface area contributed by atoms with Crippen LogP contribution in [0.2, 0.25) is 0 Å². The minimum absolute atomic E-state index is 0.179. The van der Waals surface area contributed by atoms with E-state index in [4.69, 9.17) is 14.2 Å². The number of esters is 1. The SMILES string of the molecule is CC1(C)OC(=O)[C@@H](Cc2ccc3c(c2)OCO3)N1C(=O)c1ccccc1-c1ccccc1. The molecule has 0 N–H and O–H groups in total. The van der Waals surface area contributed by atoms with Gasteiger partial charge in [-0.05, 0) is 48.7 Å². The number of ether oxygens (including phenoxy) is 3. The van der Waals surface area contributed by atoms with Gasteiger partial charge in [0.2, 0.25) is 6.79 Å². The number of hydrogen-bond donors (Lipinski definition) is 0. The van der Waals surface area contributed by atoms with Crippen LogP contribution < -0.4 is 9.47 Å². The summed E-state index contributed by atoms with van der Waals surface area (Å²) in [6.07, 6.45) is 0.318. The molecule has 0 saturated carbocycles. The highest BCUT2D eigenvalue weighted by Crippen LogP contribution is 2.37. The minimum Gasteiger partial charge on any atom is -0.454 e. The summed E-state index contributed by atoms with van der Waals surface area (Å²) >= 11 is 0. The summed E-state index contributed by atoms with van der Waals surface area (Å²) in [5.41, 5.74) is 2.07. The lowest BCUT2D eigenvalue weighted by Crippen LogP contribution is -2.49. The Bertz CT molecular complexity index is 1190.